The third kappa shape index (κ3) is 16.8. The molecule has 1 fully saturated rings. The Labute approximate surface area is 269 Å². The molecule has 1 aliphatic heterocycles. The van der Waals surface area contributed by atoms with Gasteiger partial charge in [0, 0.05) is 34.7 Å². The highest BCUT2D eigenvalue weighted by atomic mass is 35.5. The van der Waals surface area contributed by atoms with E-state index < -0.39 is 35.9 Å². The van der Waals surface area contributed by atoms with Crippen LogP contribution in [0.3, 0.4) is 0 Å². The van der Waals surface area contributed by atoms with E-state index in [9.17, 15) is 36.2 Å². The smallest absolute Gasteiger partial charge is 0.490 e. The largest absolute Gasteiger partial charge is 0.490 e. The monoisotopic (exact) mass is 708 g/mol. The number of carboxylic acids is 3. The van der Waals surface area contributed by atoms with Crippen LogP contribution in [-0.4, -0.2) is 93.5 Å². The highest BCUT2D eigenvalue weighted by Gasteiger charge is 2.39. The van der Waals surface area contributed by atoms with Crippen LogP contribution in [0.15, 0.2) is 42.5 Å². The van der Waals surface area contributed by atoms with E-state index in [1.165, 1.54) is 5.56 Å². The lowest BCUT2D eigenvalue weighted by molar-refractivity contribution is -0.193. The van der Waals surface area contributed by atoms with Crippen LogP contribution >= 0.6 is 23.2 Å². The number of aliphatic carboxylic acids is 3. The molecule has 258 valence electrons. The van der Waals surface area contributed by atoms with Gasteiger partial charge < -0.3 is 30.5 Å². The van der Waals surface area contributed by atoms with E-state index in [1.54, 1.807) is 25.1 Å². The summed E-state index contributed by atoms with van der Waals surface area (Å²) in [5, 5.41) is 38.7. The van der Waals surface area contributed by atoms with Gasteiger partial charge in [0.2, 0.25) is 0 Å². The Bertz CT molecular complexity index is 1260. The number of carbonyl (C=O) groups is 3. The van der Waals surface area contributed by atoms with E-state index >= 15 is 0 Å². The van der Waals surface area contributed by atoms with E-state index in [1.807, 2.05) is 12.1 Å². The third-order valence-electron chi connectivity index (χ3n) is 6.07. The normalized spacial score (nSPS) is 15.3. The second-order valence-corrected chi connectivity index (χ2v) is 11.1. The van der Waals surface area contributed by atoms with E-state index in [-0.39, 0.29) is 13.0 Å². The van der Waals surface area contributed by atoms with Crippen LogP contribution in [0.2, 0.25) is 10.0 Å². The summed E-state index contributed by atoms with van der Waals surface area (Å²) in [7, 11) is 0. The summed E-state index contributed by atoms with van der Waals surface area (Å²) in [6, 6.07) is 13.2. The Morgan fingerprint density at radius 1 is 0.891 bits per heavy atom. The maximum atomic E-state index is 11.1. The van der Waals surface area contributed by atoms with Gasteiger partial charge in [0.25, 0.3) is 0 Å². The standard InChI is InChI=1S/C24H30Cl2N2O4.2C2HF3O2/c1-24(31,16-32-22-7-6-20(26)12-18(22)13-23(29)30)15-27-21-8-10-28(11-9-21)14-17-2-4-19(25)5-3-17;2*3-2(4,5)1(6)7/h2-7,12,21,27,31H,8-11,13-16H2,1H3,(H,29,30);2*(H,6,7)/t24-;;/m0../s1. The van der Waals surface area contributed by atoms with Crippen LogP contribution in [0.1, 0.15) is 30.9 Å². The lowest BCUT2D eigenvalue weighted by atomic mass is 10.0. The summed E-state index contributed by atoms with van der Waals surface area (Å²) in [5.41, 5.74) is 0.646. The number of nitrogens with one attached hydrogen (secondary N) is 1. The first-order valence-electron chi connectivity index (χ1n) is 13.2. The third-order valence-corrected chi connectivity index (χ3v) is 6.55. The Hall–Kier alpha value is -3.31. The molecular formula is C28H32Cl2F6N2O8. The zero-order valence-corrected chi connectivity index (χ0v) is 25.7. The summed E-state index contributed by atoms with van der Waals surface area (Å²) in [6.07, 6.45) is -8.35. The van der Waals surface area contributed by atoms with Crippen LogP contribution in [-0.2, 0) is 27.3 Å². The number of hydrogen-bond acceptors (Lipinski definition) is 7. The van der Waals surface area contributed by atoms with Gasteiger partial charge in [0.1, 0.15) is 18.0 Å². The minimum atomic E-state index is -5.08. The number of piperidine rings is 1. The van der Waals surface area contributed by atoms with Gasteiger partial charge in [0.05, 0.1) is 6.42 Å². The molecule has 0 amide bonds. The molecule has 46 heavy (non-hydrogen) atoms. The molecule has 0 spiro atoms. The van der Waals surface area contributed by atoms with Gasteiger partial charge in [-0.25, -0.2) is 9.59 Å². The number of likely N-dealkylation sites (tertiary alicyclic amines) is 1. The van der Waals surface area contributed by atoms with E-state index in [2.05, 4.69) is 22.3 Å². The molecule has 0 saturated carbocycles. The molecule has 1 heterocycles. The zero-order chi connectivity index (χ0) is 35.3. The lowest BCUT2D eigenvalue weighted by Gasteiger charge is -2.34. The van der Waals surface area contributed by atoms with Crippen molar-refractivity contribution in [3.05, 3.63) is 63.6 Å². The van der Waals surface area contributed by atoms with Gasteiger partial charge in [-0.15, -0.1) is 0 Å². The first-order chi connectivity index (χ1) is 21.1. The fraction of sp³-hybridized carbons (Fsp3) is 0.464. The summed E-state index contributed by atoms with van der Waals surface area (Å²) < 4.78 is 69.2. The average Bonchev–Trinajstić information content (AvgIpc) is 2.93. The number of benzene rings is 2. The SMILES string of the molecule is C[C@](O)(CNC1CCN(Cc2ccc(Cl)cc2)CC1)COc1ccc(Cl)cc1CC(=O)O.O=C(O)C(F)(F)F.O=C(O)C(F)(F)F. The molecule has 0 aromatic heterocycles. The molecule has 0 bridgehead atoms. The molecule has 3 rings (SSSR count). The average molecular weight is 709 g/mol. The highest BCUT2D eigenvalue weighted by Crippen LogP contribution is 2.25. The van der Waals surface area contributed by atoms with Gasteiger partial charge in [-0.2, -0.15) is 26.3 Å². The van der Waals surface area contributed by atoms with Crippen LogP contribution in [0.5, 0.6) is 5.75 Å². The summed E-state index contributed by atoms with van der Waals surface area (Å²) >= 11 is 11.9. The van der Waals surface area contributed by atoms with Gasteiger partial charge >= 0.3 is 30.3 Å². The van der Waals surface area contributed by atoms with E-state index in [0.717, 1.165) is 37.5 Å². The van der Waals surface area contributed by atoms with Crippen molar-refractivity contribution >= 4 is 41.1 Å². The van der Waals surface area contributed by atoms with Gasteiger partial charge in [-0.3, -0.25) is 9.69 Å². The predicted molar refractivity (Wildman–Crippen MR) is 154 cm³/mol. The van der Waals surface area contributed by atoms with Crippen molar-refractivity contribution in [2.45, 2.75) is 56.7 Å². The van der Waals surface area contributed by atoms with Crippen molar-refractivity contribution in [1.82, 2.24) is 10.2 Å². The van der Waals surface area contributed by atoms with E-state index in [0.29, 0.717) is 28.9 Å². The van der Waals surface area contributed by atoms with Crippen LogP contribution in [0, 0.1) is 0 Å². The molecule has 0 unspecified atom stereocenters. The fourth-order valence-corrected chi connectivity index (χ4v) is 4.10. The zero-order valence-electron chi connectivity index (χ0n) is 24.2. The molecule has 1 aliphatic rings. The van der Waals surface area contributed by atoms with Crippen molar-refractivity contribution in [1.29, 1.82) is 0 Å². The first-order valence-corrected chi connectivity index (χ1v) is 14.0. The maximum absolute atomic E-state index is 11.1. The number of alkyl halides is 6. The highest BCUT2D eigenvalue weighted by molar-refractivity contribution is 6.30. The van der Waals surface area contributed by atoms with Gasteiger partial charge in [0.15, 0.2) is 0 Å². The number of carboxylic acid groups (broad SMARTS) is 3. The minimum absolute atomic E-state index is 0.0453. The van der Waals surface area contributed by atoms with Crippen molar-refractivity contribution < 1.29 is 65.9 Å². The molecular weight excluding hydrogens is 677 g/mol. The first kappa shape index (κ1) is 40.7. The molecule has 2 aromatic carbocycles. The Morgan fingerprint density at radius 2 is 1.37 bits per heavy atom. The summed E-state index contributed by atoms with van der Waals surface area (Å²) in [5.74, 6) is -6.06. The quantitative estimate of drug-likeness (QED) is 0.206. The minimum Gasteiger partial charge on any atom is -0.490 e. The van der Waals surface area contributed by atoms with Crippen LogP contribution in [0.25, 0.3) is 0 Å². The molecule has 0 radical (unpaired) electrons. The van der Waals surface area contributed by atoms with Crippen molar-refractivity contribution in [2.75, 3.05) is 26.2 Å². The van der Waals surface area contributed by atoms with Crippen LogP contribution in [0.4, 0.5) is 26.3 Å². The number of rotatable bonds is 10. The van der Waals surface area contributed by atoms with E-state index in [4.69, 9.17) is 52.8 Å². The molecule has 1 saturated heterocycles. The lowest BCUT2D eigenvalue weighted by Crippen LogP contribution is -2.49. The van der Waals surface area contributed by atoms with Crippen molar-refractivity contribution in [3.8, 4) is 5.75 Å². The Balaban J connectivity index is 0.000000629. The number of nitrogens with zero attached hydrogens (tertiary/aromatic N) is 1. The summed E-state index contributed by atoms with van der Waals surface area (Å²) in [4.78, 5) is 31.3. The second kappa shape index (κ2) is 18.1. The number of aliphatic hydroxyl groups is 1. The topological polar surface area (TPSA) is 157 Å². The maximum Gasteiger partial charge on any atom is 0.490 e. The summed E-state index contributed by atoms with van der Waals surface area (Å²) in [6.45, 7) is 5.03. The predicted octanol–water partition coefficient (Wildman–Crippen LogP) is 5.27. The fourth-order valence-electron chi connectivity index (χ4n) is 3.78. The van der Waals surface area contributed by atoms with Crippen LogP contribution < -0.4 is 10.1 Å². The van der Waals surface area contributed by atoms with Gasteiger partial charge in [-0.05, 0) is 68.8 Å². The second-order valence-electron chi connectivity index (χ2n) is 10.3. The van der Waals surface area contributed by atoms with Crippen molar-refractivity contribution in [2.24, 2.45) is 0 Å². The number of hydrogen-bond donors (Lipinski definition) is 5. The molecule has 5 N–H and O–H groups in total. The Kier molecular flexibility index (Phi) is 16.1. The molecule has 2 aromatic rings. The molecule has 18 heteroatoms. The molecule has 1 atom stereocenters. The number of ether oxygens (including phenoxy) is 1. The molecule has 0 aliphatic carbocycles. The number of halogens is 8. The Morgan fingerprint density at radius 3 is 1.83 bits per heavy atom. The van der Waals surface area contributed by atoms with Gasteiger partial charge in [-0.1, -0.05) is 35.3 Å². The molecule has 10 nitrogen and oxygen atoms in total. The van der Waals surface area contributed by atoms with Crippen molar-refractivity contribution in [3.63, 3.8) is 0 Å².